The first-order valence-electron chi connectivity index (χ1n) is 20.0. The Morgan fingerprint density at radius 1 is 0.531 bits per heavy atom. The summed E-state index contributed by atoms with van der Waals surface area (Å²) in [5, 5.41) is 0. The second kappa shape index (κ2) is 28.6. The number of benzene rings is 2. The van der Waals surface area contributed by atoms with E-state index in [9.17, 15) is 5.53 Å². The van der Waals surface area contributed by atoms with Crippen LogP contribution in [0.4, 0.5) is 0 Å². The summed E-state index contributed by atoms with van der Waals surface area (Å²) in [6.45, 7) is 12.7. The molecule has 4 nitrogen and oxygen atoms in total. The number of nitrogens with zero attached hydrogens (tertiary/aromatic N) is 2. The maximum absolute atomic E-state index is 11.4. The summed E-state index contributed by atoms with van der Waals surface area (Å²) >= 11 is 0.968. The van der Waals surface area contributed by atoms with Gasteiger partial charge in [-0.05, 0) is 73.9 Å². The molecule has 0 bridgehead atoms. The third-order valence-corrected chi connectivity index (χ3v) is 9.78. The van der Waals surface area contributed by atoms with Crippen molar-refractivity contribution >= 4 is 11.4 Å². The molecule has 0 aliphatic carbocycles. The van der Waals surface area contributed by atoms with E-state index in [-0.39, 0.29) is 0 Å². The minimum atomic E-state index is 0.808. The molecule has 2 aromatic carbocycles. The first-order chi connectivity index (χ1) is 24.1. The molecule has 0 saturated carbocycles. The quantitative estimate of drug-likeness (QED) is 0.0525. The Kier molecular flexibility index (Phi) is 25.2. The zero-order valence-corrected chi connectivity index (χ0v) is 33.0. The van der Waals surface area contributed by atoms with Crippen LogP contribution in [-0.4, -0.2) is 17.9 Å². The molecular formula is C44H70N2NiO2. The molecule has 49 heavy (non-hydrogen) atoms. The van der Waals surface area contributed by atoms with Crippen molar-refractivity contribution in [2.24, 2.45) is 0 Å². The summed E-state index contributed by atoms with van der Waals surface area (Å²) in [5.41, 5.74) is 19.5. The predicted molar refractivity (Wildman–Crippen MR) is 207 cm³/mol. The van der Waals surface area contributed by atoms with Crippen molar-refractivity contribution in [3.05, 3.63) is 88.0 Å². The van der Waals surface area contributed by atoms with Gasteiger partial charge in [0.2, 0.25) is 11.4 Å². The molecule has 0 unspecified atom stereocenters. The van der Waals surface area contributed by atoms with Crippen molar-refractivity contribution in [3.8, 4) is 0 Å². The second-order valence-corrected chi connectivity index (χ2v) is 14.3. The molecule has 0 fully saturated rings. The molecule has 1 aliphatic heterocycles. The van der Waals surface area contributed by atoms with Gasteiger partial charge < -0.3 is 5.53 Å². The van der Waals surface area contributed by atoms with Gasteiger partial charge >= 0.3 is 75.6 Å². The third kappa shape index (κ3) is 18.1. The Bertz CT molecular complexity index is 1200. The monoisotopic (exact) mass is 716 g/mol. The molecule has 2 aromatic rings. The summed E-state index contributed by atoms with van der Waals surface area (Å²) < 4.78 is 11.7. The van der Waals surface area contributed by atoms with Crippen LogP contribution in [0, 0.1) is 0 Å². The number of hydrogen-bond acceptors (Lipinski definition) is 2. The van der Waals surface area contributed by atoms with E-state index in [0.717, 1.165) is 95.8 Å². The molecule has 1 aliphatic rings. The molecular weight excluding hydrogens is 647 g/mol. The van der Waals surface area contributed by atoms with Gasteiger partial charge in [-0.2, -0.15) is 0 Å². The standard InChI is InChI=1S/C36H52N2.2C4H9O.Ni/c1-4-7-10-12-14-16-19-30-24-26-32(27-25-30)35-29-34(22-9-6-3)36(38(35)37)33-23-18-21-31(28-33)20-17-15-13-11-8-5-2;2*1-2-3-4-5;/h18,21,23-29H,4-17,19-20,22H2,1-3H3;2*2-4H2,1H3;/q;2*-1;+2. The number of allylic oxidation sites excluding steroid dienone is 2. The van der Waals surface area contributed by atoms with Crippen LogP contribution in [0.1, 0.15) is 179 Å². The van der Waals surface area contributed by atoms with E-state index in [0.29, 0.717) is 0 Å². The van der Waals surface area contributed by atoms with Crippen LogP contribution in [0.15, 0.2) is 60.2 Å². The van der Waals surface area contributed by atoms with Crippen LogP contribution in [0.25, 0.3) is 16.9 Å². The van der Waals surface area contributed by atoms with E-state index in [1.165, 1.54) is 111 Å². The Balaban J connectivity index is 0.000000650. The average molecular weight is 718 g/mol. The van der Waals surface area contributed by atoms with E-state index < -0.39 is 0 Å². The normalized spacial score (nSPS) is 12.8. The molecule has 0 spiro atoms. The molecule has 0 amide bonds. The van der Waals surface area contributed by atoms with Crippen molar-refractivity contribution in [2.45, 2.75) is 169 Å². The van der Waals surface area contributed by atoms with Gasteiger partial charge in [0.25, 0.3) is 0 Å². The molecule has 0 atom stereocenters. The van der Waals surface area contributed by atoms with Gasteiger partial charge in [0.1, 0.15) is 0 Å². The van der Waals surface area contributed by atoms with Crippen molar-refractivity contribution in [3.63, 3.8) is 0 Å². The van der Waals surface area contributed by atoms with Crippen molar-refractivity contribution in [2.75, 3.05) is 13.2 Å². The minimum absolute atomic E-state index is 0.808. The van der Waals surface area contributed by atoms with E-state index >= 15 is 0 Å². The van der Waals surface area contributed by atoms with Gasteiger partial charge in [0.05, 0.1) is 0 Å². The molecule has 0 radical (unpaired) electrons. The topological polar surface area (TPSA) is 43.8 Å². The molecule has 5 heteroatoms. The summed E-state index contributed by atoms with van der Waals surface area (Å²) in [4.78, 5) is 0. The Labute approximate surface area is 308 Å². The van der Waals surface area contributed by atoms with Gasteiger partial charge in [-0.1, -0.05) is 116 Å². The zero-order valence-electron chi connectivity index (χ0n) is 32.0. The third-order valence-electron chi connectivity index (χ3n) is 9.14. The molecule has 278 valence electrons. The molecule has 1 heterocycles. The van der Waals surface area contributed by atoms with Crippen LogP contribution in [0.5, 0.6) is 0 Å². The molecule has 3 rings (SSSR count). The van der Waals surface area contributed by atoms with E-state index in [1.807, 2.05) is 0 Å². The summed E-state index contributed by atoms with van der Waals surface area (Å²) in [6, 6.07) is 17.8. The van der Waals surface area contributed by atoms with Crippen LogP contribution < -0.4 is 0 Å². The van der Waals surface area contributed by atoms with E-state index in [1.54, 1.807) is 0 Å². The van der Waals surface area contributed by atoms with Gasteiger partial charge in [0, 0.05) is 22.8 Å². The average Bonchev–Trinajstić information content (AvgIpc) is 3.46. The fourth-order valence-corrected chi connectivity index (χ4v) is 6.55. The Morgan fingerprint density at radius 3 is 1.63 bits per heavy atom. The van der Waals surface area contributed by atoms with E-state index in [2.05, 4.69) is 89.2 Å². The summed E-state index contributed by atoms with van der Waals surface area (Å²) in [5.74, 6) is 0. The maximum atomic E-state index is 11.4. The second-order valence-electron chi connectivity index (χ2n) is 13.6. The Hall–Kier alpha value is -2.07. The number of aryl methyl sites for hydroxylation is 2. The van der Waals surface area contributed by atoms with Crippen molar-refractivity contribution in [1.82, 2.24) is 0 Å². The van der Waals surface area contributed by atoms with Crippen molar-refractivity contribution in [1.29, 1.82) is 0 Å². The summed E-state index contributed by atoms with van der Waals surface area (Å²) in [6.07, 6.45) is 28.2. The van der Waals surface area contributed by atoms with Gasteiger partial charge in [-0.25, -0.2) is 4.70 Å². The summed E-state index contributed by atoms with van der Waals surface area (Å²) in [7, 11) is 0. The van der Waals surface area contributed by atoms with Crippen molar-refractivity contribution < 1.29 is 27.5 Å². The molecule has 0 aromatic heterocycles. The number of unbranched alkanes of at least 4 members (excludes halogenated alkanes) is 13. The predicted octanol–water partition coefficient (Wildman–Crippen LogP) is 14.0. The van der Waals surface area contributed by atoms with Gasteiger partial charge in [0.15, 0.2) is 0 Å². The van der Waals surface area contributed by atoms with Gasteiger partial charge in [-0.3, -0.25) is 0 Å². The first-order valence-corrected chi connectivity index (χ1v) is 20.9. The molecule has 0 N–H and O–H groups in total. The van der Waals surface area contributed by atoms with Crippen LogP contribution in [-0.2, 0) is 35.7 Å². The Morgan fingerprint density at radius 2 is 1.06 bits per heavy atom. The van der Waals surface area contributed by atoms with Crippen LogP contribution in [0.2, 0.25) is 0 Å². The number of hydrogen-bond donors (Lipinski definition) is 0. The number of rotatable bonds is 27. The molecule has 0 saturated heterocycles. The fraction of sp³-hybridized carbons (Fsp3) is 0.636. The van der Waals surface area contributed by atoms with Crippen LogP contribution in [0.3, 0.4) is 0 Å². The van der Waals surface area contributed by atoms with E-state index in [4.69, 9.17) is 7.76 Å². The fourth-order valence-electron chi connectivity index (χ4n) is 6.02. The van der Waals surface area contributed by atoms with Gasteiger partial charge in [-0.15, -0.1) is 0 Å². The SMILES string of the molecule is CCCCCCCCc1ccc(C2=CC(CCCC)=C(c3cccc(CCCCCCCC)c3)[N+]2=[N-])cc1.CCCC[O][Ni][O]CCCC. The first kappa shape index (κ1) is 43.1. The van der Waals surface area contributed by atoms with Crippen LogP contribution >= 0.6 is 0 Å². The zero-order chi connectivity index (χ0) is 35.4.